The maximum atomic E-state index is 12.7. The van der Waals surface area contributed by atoms with Crippen molar-refractivity contribution in [2.75, 3.05) is 5.32 Å². The second-order valence-corrected chi connectivity index (χ2v) is 5.02. The summed E-state index contributed by atoms with van der Waals surface area (Å²) in [7, 11) is 0. The lowest BCUT2D eigenvalue weighted by molar-refractivity contribution is -0.141. The molecule has 0 saturated heterocycles. The summed E-state index contributed by atoms with van der Waals surface area (Å²) in [5.74, 6) is 0.131. The van der Waals surface area contributed by atoms with E-state index in [9.17, 15) is 13.2 Å². The summed E-state index contributed by atoms with van der Waals surface area (Å²) < 4.78 is 38.0. The van der Waals surface area contributed by atoms with E-state index in [0.29, 0.717) is 0 Å². The minimum atomic E-state index is -4.52. The number of hydrogen-bond donors (Lipinski definition) is 1. The minimum Gasteiger partial charge on any atom is -0.367 e. The summed E-state index contributed by atoms with van der Waals surface area (Å²) in [6, 6.07) is 1.01. The molecule has 1 heterocycles. The van der Waals surface area contributed by atoms with Crippen molar-refractivity contribution >= 4 is 17.4 Å². The van der Waals surface area contributed by atoms with Crippen LogP contribution in [-0.4, -0.2) is 16.0 Å². The molecule has 0 bridgehead atoms. The second kappa shape index (κ2) is 7.67. The van der Waals surface area contributed by atoms with Crippen LogP contribution in [0.25, 0.3) is 0 Å². The Kier molecular flexibility index (Phi) is 6.52. The number of unbranched alkanes of at least 4 members (excludes halogenated alkanes) is 1. The van der Waals surface area contributed by atoms with Crippen molar-refractivity contribution in [2.24, 2.45) is 0 Å². The quantitative estimate of drug-likeness (QED) is 0.726. The zero-order valence-electron chi connectivity index (χ0n) is 11.6. The smallest absolute Gasteiger partial charge is 0.367 e. The zero-order valence-corrected chi connectivity index (χ0v) is 12.4. The summed E-state index contributed by atoms with van der Waals surface area (Å²) >= 11 is 5.56. The first-order valence-corrected chi connectivity index (χ1v) is 7.13. The Bertz CT molecular complexity index is 424. The Labute approximate surface area is 122 Å². The number of hydrogen-bond acceptors (Lipinski definition) is 3. The van der Waals surface area contributed by atoms with Crippen molar-refractivity contribution in [3.63, 3.8) is 0 Å². The van der Waals surface area contributed by atoms with Gasteiger partial charge in [-0.3, -0.25) is 0 Å². The molecule has 0 aliphatic heterocycles. The number of alkyl halides is 3. The standard InChI is InChI=1S/C13H19ClF3N3/c1-3-5-7-9(6-4-2)18-11-8-10(13(15,16)17)19-12(14)20-11/h8-9H,3-7H2,1-2H3,(H,18,19,20). The average molecular weight is 310 g/mol. The monoisotopic (exact) mass is 309 g/mol. The first kappa shape index (κ1) is 17.0. The van der Waals surface area contributed by atoms with Gasteiger partial charge in [-0.2, -0.15) is 13.2 Å². The van der Waals surface area contributed by atoms with Crippen LogP contribution in [0.4, 0.5) is 19.0 Å². The van der Waals surface area contributed by atoms with Gasteiger partial charge in [0.1, 0.15) is 5.82 Å². The van der Waals surface area contributed by atoms with Crippen molar-refractivity contribution < 1.29 is 13.2 Å². The molecule has 1 unspecified atom stereocenters. The Morgan fingerprint density at radius 3 is 2.45 bits per heavy atom. The number of aromatic nitrogens is 2. The van der Waals surface area contributed by atoms with E-state index in [-0.39, 0.29) is 11.9 Å². The highest BCUT2D eigenvalue weighted by Gasteiger charge is 2.33. The van der Waals surface area contributed by atoms with Crippen molar-refractivity contribution in [3.8, 4) is 0 Å². The second-order valence-electron chi connectivity index (χ2n) is 4.68. The van der Waals surface area contributed by atoms with E-state index >= 15 is 0 Å². The Hall–Kier alpha value is -1.04. The van der Waals surface area contributed by atoms with E-state index < -0.39 is 17.2 Å². The van der Waals surface area contributed by atoms with E-state index in [1.165, 1.54) is 0 Å². The molecule has 1 aromatic rings. The van der Waals surface area contributed by atoms with Gasteiger partial charge in [0.2, 0.25) is 5.28 Å². The van der Waals surface area contributed by atoms with Gasteiger partial charge in [0.25, 0.3) is 0 Å². The van der Waals surface area contributed by atoms with Crippen LogP contribution in [0, 0.1) is 0 Å². The fourth-order valence-electron chi connectivity index (χ4n) is 1.93. The SMILES string of the molecule is CCCCC(CCC)Nc1cc(C(F)(F)F)nc(Cl)n1. The van der Waals surface area contributed by atoms with Crippen molar-refractivity contribution in [2.45, 2.75) is 58.2 Å². The highest BCUT2D eigenvalue weighted by molar-refractivity contribution is 6.28. The van der Waals surface area contributed by atoms with E-state index in [2.05, 4.69) is 22.2 Å². The van der Waals surface area contributed by atoms with Gasteiger partial charge in [0.05, 0.1) is 0 Å². The molecule has 0 aromatic carbocycles. The number of nitrogens with zero attached hydrogens (tertiary/aromatic N) is 2. The highest BCUT2D eigenvalue weighted by atomic mass is 35.5. The van der Waals surface area contributed by atoms with Crippen LogP contribution < -0.4 is 5.32 Å². The number of halogens is 4. The summed E-state index contributed by atoms with van der Waals surface area (Å²) in [6.45, 7) is 4.11. The van der Waals surface area contributed by atoms with Crippen molar-refractivity contribution in [3.05, 3.63) is 17.0 Å². The van der Waals surface area contributed by atoms with E-state index in [4.69, 9.17) is 11.6 Å². The predicted octanol–water partition coefficient (Wildman–Crippen LogP) is 4.92. The lowest BCUT2D eigenvalue weighted by Crippen LogP contribution is -2.21. The van der Waals surface area contributed by atoms with Crippen LogP contribution in [0.1, 0.15) is 51.6 Å². The Morgan fingerprint density at radius 2 is 1.90 bits per heavy atom. The Balaban J connectivity index is 2.86. The maximum absolute atomic E-state index is 12.7. The summed E-state index contributed by atoms with van der Waals surface area (Å²) in [5, 5.41) is 2.64. The zero-order chi connectivity index (χ0) is 15.2. The van der Waals surface area contributed by atoms with E-state index in [0.717, 1.165) is 38.2 Å². The molecule has 114 valence electrons. The third-order valence-corrected chi connectivity index (χ3v) is 3.05. The van der Waals surface area contributed by atoms with Crippen molar-refractivity contribution in [1.82, 2.24) is 9.97 Å². The van der Waals surface area contributed by atoms with Gasteiger partial charge in [-0.25, -0.2) is 9.97 Å². The molecule has 7 heteroatoms. The third-order valence-electron chi connectivity index (χ3n) is 2.88. The van der Waals surface area contributed by atoms with Crippen LogP contribution in [0.2, 0.25) is 5.28 Å². The largest absolute Gasteiger partial charge is 0.433 e. The van der Waals surface area contributed by atoms with Crippen LogP contribution in [0.3, 0.4) is 0 Å². The lowest BCUT2D eigenvalue weighted by Gasteiger charge is -2.19. The molecule has 0 aliphatic rings. The third kappa shape index (κ3) is 5.53. The van der Waals surface area contributed by atoms with Gasteiger partial charge in [-0.05, 0) is 24.4 Å². The van der Waals surface area contributed by atoms with Crippen LogP contribution in [-0.2, 0) is 6.18 Å². The van der Waals surface area contributed by atoms with Gasteiger partial charge < -0.3 is 5.32 Å². The van der Waals surface area contributed by atoms with Crippen LogP contribution in [0.15, 0.2) is 6.07 Å². The number of anilines is 1. The molecule has 1 atom stereocenters. The topological polar surface area (TPSA) is 37.8 Å². The molecule has 1 aromatic heterocycles. The summed E-state index contributed by atoms with van der Waals surface area (Å²) in [4.78, 5) is 7.03. The normalized spacial score (nSPS) is 13.3. The molecular weight excluding hydrogens is 291 g/mol. The molecule has 1 N–H and O–H groups in total. The number of rotatable bonds is 7. The first-order valence-electron chi connectivity index (χ1n) is 6.75. The molecule has 1 rings (SSSR count). The van der Waals surface area contributed by atoms with Crippen LogP contribution in [0.5, 0.6) is 0 Å². The lowest BCUT2D eigenvalue weighted by atomic mass is 10.1. The van der Waals surface area contributed by atoms with E-state index in [1.807, 2.05) is 6.92 Å². The predicted molar refractivity (Wildman–Crippen MR) is 73.9 cm³/mol. The molecule has 0 amide bonds. The molecular formula is C13H19ClF3N3. The van der Waals surface area contributed by atoms with Gasteiger partial charge in [-0.1, -0.05) is 33.1 Å². The van der Waals surface area contributed by atoms with Crippen molar-refractivity contribution in [1.29, 1.82) is 0 Å². The van der Waals surface area contributed by atoms with E-state index in [1.54, 1.807) is 0 Å². The fourth-order valence-corrected chi connectivity index (χ4v) is 2.12. The van der Waals surface area contributed by atoms with Gasteiger partial charge in [0.15, 0.2) is 5.69 Å². The summed E-state index contributed by atoms with van der Waals surface area (Å²) in [6.07, 6.45) is 0.262. The molecule has 0 fully saturated rings. The minimum absolute atomic E-state index is 0.104. The van der Waals surface area contributed by atoms with Gasteiger partial charge >= 0.3 is 6.18 Å². The maximum Gasteiger partial charge on any atom is 0.433 e. The molecule has 0 aliphatic carbocycles. The van der Waals surface area contributed by atoms with Gasteiger partial charge in [0, 0.05) is 12.1 Å². The van der Waals surface area contributed by atoms with Crippen LogP contribution >= 0.6 is 11.6 Å². The summed E-state index contributed by atoms with van der Waals surface area (Å²) in [5.41, 5.74) is -1.02. The Morgan fingerprint density at radius 1 is 1.20 bits per heavy atom. The average Bonchev–Trinajstić information content (AvgIpc) is 2.34. The van der Waals surface area contributed by atoms with Gasteiger partial charge in [-0.15, -0.1) is 0 Å². The highest BCUT2D eigenvalue weighted by Crippen LogP contribution is 2.30. The molecule has 0 radical (unpaired) electrons. The molecule has 3 nitrogen and oxygen atoms in total. The molecule has 20 heavy (non-hydrogen) atoms. The molecule has 0 saturated carbocycles. The number of nitrogens with one attached hydrogen (secondary N) is 1. The fraction of sp³-hybridized carbons (Fsp3) is 0.692. The first-order chi connectivity index (χ1) is 9.36. The molecule has 0 spiro atoms.